The van der Waals surface area contributed by atoms with Crippen LogP contribution in [0.25, 0.3) is 0 Å². The van der Waals surface area contributed by atoms with Crippen LogP contribution in [0.3, 0.4) is 0 Å². The predicted octanol–water partition coefficient (Wildman–Crippen LogP) is 2.89. The summed E-state index contributed by atoms with van der Waals surface area (Å²) in [5, 5.41) is 14.3. The van der Waals surface area contributed by atoms with Crippen LogP contribution in [0.2, 0.25) is 5.02 Å². The maximum Gasteiger partial charge on any atom is 0.271 e. The van der Waals surface area contributed by atoms with Crippen LogP contribution in [0.15, 0.2) is 36.7 Å². The lowest BCUT2D eigenvalue weighted by atomic mass is 9.82. The monoisotopic (exact) mass is 369 g/mol. The van der Waals surface area contributed by atoms with Crippen LogP contribution in [-0.4, -0.2) is 32.6 Å². The molecule has 1 aliphatic rings. The van der Waals surface area contributed by atoms with E-state index in [4.69, 9.17) is 11.6 Å². The number of amides is 1. The van der Waals surface area contributed by atoms with E-state index in [2.05, 4.69) is 27.1 Å². The Kier molecular flexibility index (Phi) is 5.55. The van der Waals surface area contributed by atoms with Crippen molar-refractivity contribution < 1.29 is 9.90 Å². The van der Waals surface area contributed by atoms with Gasteiger partial charge >= 0.3 is 0 Å². The van der Waals surface area contributed by atoms with Gasteiger partial charge in [-0.1, -0.05) is 29.5 Å². The summed E-state index contributed by atoms with van der Waals surface area (Å²) in [5.41, 5.74) is 0.656. The Balaban J connectivity index is 1.66. The van der Waals surface area contributed by atoms with E-state index >= 15 is 0 Å². The molecule has 1 amide bonds. The zero-order valence-corrected chi connectivity index (χ0v) is 15.3. The molecule has 2 aromatic rings. The van der Waals surface area contributed by atoms with Crippen molar-refractivity contribution in [2.45, 2.75) is 44.2 Å². The van der Waals surface area contributed by atoms with Gasteiger partial charge in [-0.3, -0.25) is 9.78 Å². The van der Waals surface area contributed by atoms with Gasteiger partial charge in [-0.2, -0.15) is 0 Å². The van der Waals surface area contributed by atoms with Crippen molar-refractivity contribution in [2.75, 3.05) is 0 Å². The number of hydrogen-bond acceptors (Lipinski definition) is 4. The Morgan fingerprint density at radius 2 is 2.23 bits per heavy atom. The molecule has 26 heavy (non-hydrogen) atoms. The standard InChI is InChI=1S/C20H20ClN3O2/c1-14-12-23-18(13-22-14)19(25)24-17-6-3-8-20(26,11-17)9-7-15-4-2-5-16(21)10-15/h2,4-5,10,12-13,17,26H,3,6,8,11H2,1H3,(H,24,25)/t17-,20?/m1/s1. The maximum absolute atomic E-state index is 12.3. The molecule has 1 fully saturated rings. The summed E-state index contributed by atoms with van der Waals surface area (Å²) in [4.78, 5) is 20.5. The Morgan fingerprint density at radius 1 is 1.38 bits per heavy atom. The molecule has 1 aromatic heterocycles. The number of carbonyl (C=O) groups is 1. The normalized spacial score (nSPS) is 22.2. The number of aryl methyl sites for hydroxylation is 1. The molecular weight excluding hydrogens is 350 g/mol. The first-order chi connectivity index (χ1) is 12.4. The molecule has 0 saturated heterocycles. The summed E-state index contributed by atoms with van der Waals surface area (Å²) < 4.78 is 0. The zero-order chi connectivity index (χ0) is 18.6. The van der Waals surface area contributed by atoms with E-state index in [0.29, 0.717) is 17.9 Å². The minimum absolute atomic E-state index is 0.155. The minimum Gasteiger partial charge on any atom is -0.378 e. The van der Waals surface area contributed by atoms with E-state index in [9.17, 15) is 9.90 Å². The van der Waals surface area contributed by atoms with Crippen LogP contribution in [-0.2, 0) is 0 Å². The molecule has 1 aromatic carbocycles. The third-order valence-electron chi connectivity index (χ3n) is 4.34. The fourth-order valence-electron chi connectivity index (χ4n) is 3.01. The van der Waals surface area contributed by atoms with E-state index in [-0.39, 0.29) is 17.6 Å². The molecule has 1 saturated carbocycles. The minimum atomic E-state index is -1.13. The van der Waals surface area contributed by atoms with Crippen LogP contribution < -0.4 is 5.32 Å². The fourth-order valence-corrected chi connectivity index (χ4v) is 3.20. The Labute approximate surface area is 157 Å². The Morgan fingerprint density at radius 3 is 2.96 bits per heavy atom. The lowest BCUT2D eigenvalue weighted by molar-refractivity contribution is 0.0451. The number of hydrogen-bond donors (Lipinski definition) is 2. The van der Waals surface area contributed by atoms with Crippen molar-refractivity contribution >= 4 is 17.5 Å². The molecule has 0 aliphatic heterocycles. The number of carbonyl (C=O) groups excluding carboxylic acids is 1. The first-order valence-corrected chi connectivity index (χ1v) is 8.92. The SMILES string of the molecule is Cc1cnc(C(=O)N[C@@H]2CCCC(O)(C#Cc3cccc(Cl)c3)C2)cn1. The average molecular weight is 370 g/mol. The summed E-state index contributed by atoms with van der Waals surface area (Å²) in [6.45, 7) is 1.81. The highest BCUT2D eigenvalue weighted by Gasteiger charge is 2.33. The van der Waals surface area contributed by atoms with Gasteiger partial charge in [0.2, 0.25) is 0 Å². The number of nitrogens with zero attached hydrogens (tertiary/aromatic N) is 2. The third kappa shape index (κ3) is 4.81. The molecule has 134 valence electrons. The number of nitrogens with one attached hydrogen (secondary N) is 1. The van der Waals surface area contributed by atoms with E-state index in [1.807, 2.05) is 19.1 Å². The first kappa shape index (κ1) is 18.4. The maximum atomic E-state index is 12.3. The number of halogens is 1. The van der Waals surface area contributed by atoms with E-state index in [0.717, 1.165) is 24.1 Å². The van der Waals surface area contributed by atoms with Gasteiger partial charge in [-0.05, 0) is 44.4 Å². The molecule has 0 spiro atoms. The van der Waals surface area contributed by atoms with E-state index < -0.39 is 5.60 Å². The van der Waals surface area contributed by atoms with Crippen molar-refractivity contribution in [2.24, 2.45) is 0 Å². The largest absolute Gasteiger partial charge is 0.378 e. The Hall–Kier alpha value is -2.42. The molecule has 2 atom stereocenters. The summed E-state index contributed by atoms with van der Waals surface area (Å²) in [5.74, 6) is 5.66. The highest BCUT2D eigenvalue weighted by molar-refractivity contribution is 6.30. The molecule has 2 N–H and O–H groups in total. The Bertz CT molecular complexity index is 857. The van der Waals surface area contributed by atoms with Crippen molar-refractivity contribution in [3.63, 3.8) is 0 Å². The molecule has 3 rings (SSSR count). The molecule has 0 radical (unpaired) electrons. The van der Waals surface area contributed by atoms with Crippen molar-refractivity contribution in [3.05, 3.63) is 58.6 Å². The zero-order valence-electron chi connectivity index (χ0n) is 14.5. The van der Waals surface area contributed by atoms with E-state index in [1.165, 1.54) is 6.20 Å². The molecule has 0 bridgehead atoms. The topological polar surface area (TPSA) is 75.1 Å². The van der Waals surface area contributed by atoms with Crippen molar-refractivity contribution in [1.29, 1.82) is 0 Å². The second kappa shape index (κ2) is 7.86. The van der Waals surface area contributed by atoms with Crippen LogP contribution >= 0.6 is 11.6 Å². The summed E-state index contributed by atoms with van der Waals surface area (Å²) in [6, 6.07) is 7.05. The van der Waals surface area contributed by atoms with Gasteiger partial charge in [-0.15, -0.1) is 0 Å². The molecule has 6 heteroatoms. The second-order valence-corrected chi connectivity index (χ2v) is 7.04. The third-order valence-corrected chi connectivity index (χ3v) is 4.58. The predicted molar refractivity (Wildman–Crippen MR) is 99.8 cm³/mol. The van der Waals surface area contributed by atoms with Crippen molar-refractivity contribution in [1.82, 2.24) is 15.3 Å². The molecule has 1 aliphatic carbocycles. The van der Waals surface area contributed by atoms with Crippen LogP contribution in [0, 0.1) is 18.8 Å². The molecule has 1 unspecified atom stereocenters. The van der Waals surface area contributed by atoms with Crippen LogP contribution in [0.4, 0.5) is 0 Å². The number of rotatable bonds is 2. The molecule has 1 heterocycles. The molecule has 5 nitrogen and oxygen atoms in total. The number of benzene rings is 1. The van der Waals surface area contributed by atoms with E-state index in [1.54, 1.807) is 18.3 Å². The summed E-state index contributed by atoms with van der Waals surface area (Å²) in [7, 11) is 0. The van der Waals surface area contributed by atoms with Gasteiger partial charge in [0.15, 0.2) is 0 Å². The fraction of sp³-hybridized carbons (Fsp3) is 0.350. The van der Waals surface area contributed by atoms with Gasteiger partial charge in [0, 0.05) is 29.2 Å². The average Bonchev–Trinajstić information content (AvgIpc) is 2.61. The lowest BCUT2D eigenvalue weighted by Gasteiger charge is -2.33. The summed E-state index contributed by atoms with van der Waals surface area (Å²) in [6.07, 6.45) is 5.56. The highest BCUT2D eigenvalue weighted by Crippen LogP contribution is 2.28. The summed E-state index contributed by atoms with van der Waals surface area (Å²) >= 11 is 5.96. The molecular formula is C20H20ClN3O2. The lowest BCUT2D eigenvalue weighted by Crippen LogP contribution is -2.45. The quantitative estimate of drug-likeness (QED) is 0.798. The van der Waals surface area contributed by atoms with Crippen molar-refractivity contribution in [3.8, 4) is 11.8 Å². The van der Waals surface area contributed by atoms with Gasteiger partial charge in [0.25, 0.3) is 5.91 Å². The van der Waals surface area contributed by atoms with Gasteiger partial charge in [0.1, 0.15) is 11.3 Å². The number of aromatic nitrogens is 2. The highest BCUT2D eigenvalue weighted by atomic mass is 35.5. The number of aliphatic hydroxyl groups is 1. The smallest absolute Gasteiger partial charge is 0.271 e. The van der Waals surface area contributed by atoms with Gasteiger partial charge < -0.3 is 10.4 Å². The van der Waals surface area contributed by atoms with Gasteiger partial charge in [-0.25, -0.2) is 4.98 Å². The van der Waals surface area contributed by atoms with Crippen LogP contribution in [0.5, 0.6) is 0 Å². The first-order valence-electron chi connectivity index (χ1n) is 8.54. The van der Waals surface area contributed by atoms with Crippen LogP contribution in [0.1, 0.15) is 47.4 Å². The second-order valence-electron chi connectivity index (χ2n) is 6.60. The van der Waals surface area contributed by atoms with Gasteiger partial charge in [0.05, 0.1) is 11.9 Å².